The smallest absolute Gasteiger partial charge is 0.332 e. The highest BCUT2D eigenvalue weighted by Crippen LogP contribution is 2.30. The van der Waals surface area contributed by atoms with Crippen LogP contribution in [0.15, 0.2) is 33.9 Å². The molecule has 8 nitrogen and oxygen atoms in total. The SMILES string of the molecule is Cc1ccc(N2CCCn3c2nc2c3c(=O)n(CCCO)c(=O)n2C)cc1. The first kappa shape index (κ1) is 17.5. The molecule has 1 N–H and O–H groups in total. The van der Waals surface area contributed by atoms with Crippen molar-refractivity contribution in [3.8, 4) is 0 Å². The molecular formula is C19H23N5O3. The Balaban J connectivity index is 1.94. The molecule has 0 bridgehead atoms. The number of aliphatic hydroxyl groups excluding tert-OH is 1. The Morgan fingerprint density at radius 1 is 1.15 bits per heavy atom. The van der Waals surface area contributed by atoms with Gasteiger partial charge in [0, 0.05) is 39.0 Å². The predicted octanol–water partition coefficient (Wildman–Crippen LogP) is 1.13. The maximum absolute atomic E-state index is 13.0. The minimum absolute atomic E-state index is 0.0701. The van der Waals surface area contributed by atoms with Crippen LogP contribution in [0.5, 0.6) is 0 Å². The van der Waals surface area contributed by atoms with Gasteiger partial charge >= 0.3 is 5.69 Å². The fourth-order valence-corrected chi connectivity index (χ4v) is 3.66. The number of benzene rings is 1. The quantitative estimate of drug-likeness (QED) is 0.745. The molecule has 1 aromatic carbocycles. The van der Waals surface area contributed by atoms with Crippen molar-refractivity contribution in [3.63, 3.8) is 0 Å². The average Bonchev–Trinajstić information content (AvgIpc) is 3.07. The molecule has 0 spiro atoms. The van der Waals surface area contributed by atoms with Gasteiger partial charge in [-0.25, -0.2) is 4.79 Å². The molecule has 0 fully saturated rings. The lowest BCUT2D eigenvalue weighted by Gasteiger charge is -2.29. The number of hydrogen-bond acceptors (Lipinski definition) is 5. The second kappa shape index (κ2) is 6.70. The second-order valence-corrected chi connectivity index (χ2v) is 6.95. The molecule has 0 unspecified atom stereocenters. The molecule has 142 valence electrons. The summed E-state index contributed by atoms with van der Waals surface area (Å²) in [6.45, 7) is 3.65. The van der Waals surface area contributed by atoms with Crippen LogP contribution < -0.4 is 16.1 Å². The maximum atomic E-state index is 13.0. The van der Waals surface area contributed by atoms with E-state index < -0.39 is 5.69 Å². The van der Waals surface area contributed by atoms with Crippen molar-refractivity contribution in [2.45, 2.75) is 32.9 Å². The molecule has 0 amide bonds. The van der Waals surface area contributed by atoms with E-state index in [1.165, 1.54) is 14.7 Å². The number of imidazole rings is 1. The number of aromatic nitrogens is 4. The second-order valence-electron chi connectivity index (χ2n) is 6.95. The molecule has 3 heterocycles. The lowest BCUT2D eigenvalue weighted by molar-refractivity contribution is 0.277. The van der Waals surface area contributed by atoms with Crippen LogP contribution in [-0.4, -0.2) is 36.9 Å². The van der Waals surface area contributed by atoms with Crippen LogP contribution in [0, 0.1) is 6.92 Å². The highest BCUT2D eigenvalue weighted by atomic mass is 16.3. The van der Waals surface area contributed by atoms with Crippen molar-refractivity contribution >= 4 is 22.8 Å². The molecule has 0 radical (unpaired) electrons. The van der Waals surface area contributed by atoms with E-state index >= 15 is 0 Å². The lowest BCUT2D eigenvalue weighted by atomic mass is 10.2. The van der Waals surface area contributed by atoms with Gasteiger partial charge in [-0.3, -0.25) is 13.9 Å². The van der Waals surface area contributed by atoms with Gasteiger partial charge in [-0.1, -0.05) is 17.7 Å². The summed E-state index contributed by atoms with van der Waals surface area (Å²) in [5.74, 6) is 0.687. The zero-order valence-electron chi connectivity index (χ0n) is 15.6. The van der Waals surface area contributed by atoms with Gasteiger partial charge in [0.15, 0.2) is 11.2 Å². The van der Waals surface area contributed by atoms with Gasteiger partial charge in [-0.15, -0.1) is 0 Å². The largest absolute Gasteiger partial charge is 0.396 e. The van der Waals surface area contributed by atoms with E-state index in [1.54, 1.807) is 7.05 Å². The Morgan fingerprint density at radius 3 is 2.59 bits per heavy atom. The van der Waals surface area contributed by atoms with Crippen molar-refractivity contribution in [1.82, 2.24) is 18.7 Å². The van der Waals surface area contributed by atoms with E-state index in [0.717, 1.165) is 18.7 Å². The topological polar surface area (TPSA) is 85.3 Å². The number of hydrogen-bond donors (Lipinski definition) is 1. The molecule has 0 atom stereocenters. The molecule has 8 heteroatoms. The number of anilines is 2. The third kappa shape index (κ3) is 2.76. The first-order valence-corrected chi connectivity index (χ1v) is 9.18. The molecule has 0 aliphatic carbocycles. The Morgan fingerprint density at radius 2 is 1.89 bits per heavy atom. The fourth-order valence-electron chi connectivity index (χ4n) is 3.66. The van der Waals surface area contributed by atoms with Gasteiger partial charge in [0.25, 0.3) is 5.56 Å². The third-order valence-corrected chi connectivity index (χ3v) is 5.10. The number of fused-ring (bicyclic) bond motifs is 3. The molecule has 0 saturated carbocycles. The lowest BCUT2D eigenvalue weighted by Crippen LogP contribution is -2.40. The minimum Gasteiger partial charge on any atom is -0.396 e. The number of aryl methyl sites for hydroxylation is 3. The van der Waals surface area contributed by atoms with E-state index in [4.69, 9.17) is 5.11 Å². The van der Waals surface area contributed by atoms with Crippen LogP contribution in [0.1, 0.15) is 18.4 Å². The van der Waals surface area contributed by atoms with Gasteiger partial charge in [0.2, 0.25) is 5.95 Å². The van der Waals surface area contributed by atoms with Gasteiger partial charge in [0.05, 0.1) is 0 Å². The zero-order chi connectivity index (χ0) is 19.1. The summed E-state index contributed by atoms with van der Waals surface area (Å²) in [6, 6.07) is 8.19. The molecule has 1 aliphatic rings. The molecule has 1 aliphatic heterocycles. The van der Waals surface area contributed by atoms with Gasteiger partial charge in [0.1, 0.15) is 0 Å². The molecule has 4 rings (SSSR count). The van der Waals surface area contributed by atoms with Gasteiger partial charge < -0.3 is 14.6 Å². The number of nitrogens with zero attached hydrogens (tertiary/aromatic N) is 5. The summed E-state index contributed by atoms with van der Waals surface area (Å²) in [4.78, 5) is 32.4. The summed E-state index contributed by atoms with van der Waals surface area (Å²) in [5.41, 5.74) is 2.30. The highest BCUT2D eigenvalue weighted by Gasteiger charge is 2.26. The van der Waals surface area contributed by atoms with E-state index in [-0.39, 0.29) is 18.7 Å². The van der Waals surface area contributed by atoms with Crippen LogP contribution in [-0.2, 0) is 20.1 Å². The van der Waals surface area contributed by atoms with Crippen LogP contribution in [0.25, 0.3) is 11.2 Å². The van der Waals surface area contributed by atoms with E-state index in [9.17, 15) is 9.59 Å². The monoisotopic (exact) mass is 369 g/mol. The fraction of sp³-hybridized carbons (Fsp3) is 0.421. The van der Waals surface area contributed by atoms with E-state index in [0.29, 0.717) is 30.1 Å². The summed E-state index contributed by atoms with van der Waals surface area (Å²) in [7, 11) is 1.63. The van der Waals surface area contributed by atoms with E-state index in [2.05, 4.69) is 22.0 Å². The summed E-state index contributed by atoms with van der Waals surface area (Å²) < 4.78 is 4.53. The molecular weight excluding hydrogens is 346 g/mol. The minimum atomic E-state index is -0.404. The number of aliphatic hydroxyl groups is 1. The Bertz CT molecular complexity index is 1110. The van der Waals surface area contributed by atoms with Gasteiger partial charge in [-0.05, 0) is 31.9 Å². The summed E-state index contributed by atoms with van der Waals surface area (Å²) in [6.07, 6.45) is 1.24. The van der Waals surface area contributed by atoms with E-state index in [1.807, 2.05) is 23.6 Å². The van der Waals surface area contributed by atoms with Crippen LogP contribution in [0.4, 0.5) is 11.6 Å². The van der Waals surface area contributed by atoms with Crippen molar-refractivity contribution < 1.29 is 5.11 Å². The van der Waals surface area contributed by atoms with Crippen molar-refractivity contribution in [3.05, 3.63) is 50.7 Å². The van der Waals surface area contributed by atoms with Crippen LogP contribution in [0.3, 0.4) is 0 Å². The Hall–Kier alpha value is -2.87. The van der Waals surface area contributed by atoms with Crippen LogP contribution in [0.2, 0.25) is 0 Å². The standard InChI is InChI=1S/C19H23N5O3/c1-13-5-7-14(8-6-13)22-9-3-10-23-15-16(20-18(22)23)21(2)19(27)24(17(15)26)11-4-12-25/h5-8,25H,3-4,9-12H2,1-2H3. The summed E-state index contributed by atoms with van der Waals surface area (Å²) in [5, 5.41) is 9.08. The van der Waals surface area contributed by atoms with Crippen molar-refractivity contribution in [2.24, 2.45) is 7.05 Å². The van der Waals surface area contributed by atoms with Crippen molar-refractivity contribution in [2.75, 3.05) is 18.1 Å². The van der Waals surface area contributed by atoms with Gasteiger partial charge in [-0.2, -0.15) is 4.98 Å². The number of rotatable bonds is 4. The Kier molecular flexibility index (Phi) is 4.35. The predicted molar refractivity (Wildman–Crippen MR) is 104 cm³/mol. The first-order chi connectivity index (χ1) is 13.0. The third-order valence-electron chi connectivity index (χ3n) is 5.10. The maximum Gasteiger partial charge on any atom is 0.332 e. The summed E-state index contributed by atoms with van der Waals surface area (Å²) >= 11 is 0. The van der Waals surface area contributed by atoms with Crippen molar-refractivity contribution in [1.29, 1.82) is 0 Å². The molecule has 3 aromatic rings. The Labute approximate surface area is 155 Å². The highest BCUT2D eigenvalue weighted by molar-refractivity contribution is 5.77. The molecule has 0 saturated heterocycles. The average molecular weight is 369 g/mol. The van der Waals surface area contributed by atoms with Crippen LogP contribution >= 0.6 is 0 Å². The normalized spacial score (nSPS) is 14.0. The zero-order valence-corrected chi connectivity index (χ0v) is 15.6. The molecule has 27 heavy (non-hydrogen) atoms. The molecule has 2 aromatic heterocycles. The first-order valence-electron chi connectivity index (χ1n) is 9.18.